The van der Waals surface area contributed by atoms with Gasteiger partial charge in [0.05, 0.1) is 0 Å². The van der Waals surface area contributed by atoms with Gasteiger partial charge in [-0.3, -0.25) is 4.79 Å². The summed E-state index contributed by atoms with van der Waals surface area (Å²) in [6.07, 6.45) is 1.68. The van der Waals surface area contributed by atoms with E-state index in [9.17, 15) is 4.79 Å². The Morgan fingerprint density at radius 2 is 2.00 bits per heavy atom. The molecule has 0 bridgehead atoms. The maximum absolute atomic E-state index is 12.0. The van der Waals surface area contributed by atoms with Crippen LogP contribution in [0.25, 0.3) is 11.3 Å². The molecule has 3 nitrogen and oxygen atoms in total. The fourth-order valence-electron chi connectivity index (χ4n) is 1.60. The molecular formula is C14H9NO2S2. The van der Waals surface area contributed by atoms with Crippen LogP contribution in [-0.2, 0) is 0 Å². The first-order chi connectivity index (χ1) is 9.33. The van der Waals surface area contributed by atoms with Gasteiger partial charge in [0.1, 0.15) is 5.76 Å². The first-order valence-corrected chi connectivity index (χ1v) is 7.29. The van der Waals surface area contributed by atoms with E-state index in [2.05, 4.69) is 4.98 Å². The molecule has 3 rings (SSSR count). The zero-order valence-electron chi connectivity index (χ0n) is 9.78. The molecule has 0 fully saturated rings. The number of hydrogen-bond donors (Lipinski definition) is 0. The summed E-state index contributed by atoms with van der Waals surface area (Å²) < 4.78 is 6.31. The first kappa shape index (κ1) is 12.2. The number of carbonyl (C=O) groups is 1. The van der Waals surface area contributed by atoms with Gasteiger partial charge in [-0.05, 0) is 23.9 Å². The number of benzene rings is 1. The minimum Gasteiger partial charge on any atom is -0.452 e. The van der Waals surface area contributed by atoms with Crippen LogP contribution in [0.15, 0.2) is 62.8 Å². The summed E-state index contributed by atoms with van der Waals surface area (Å²) in [6.45, 7) is 0. The lowest BCUT2D eigenvalue weighted by Gasteiger charge is -1.96. The molecule has 0 saturated heterocycles. The van der Waals surface area contributed by atoms with E-state index in [1.807, 2.05) is 41.8 Å². The van der Waals surface area contributed by atoms with Crippen LogP contribution in [0.2, 0.25) is 0 Å². The summed E-state index contributed by atoms with van der Waals surface area (Å²) in [6, 6.07) is 13.2. The van der Waals surface area contributed by atoms with Crippen LogP contribution in [0.3, 0.4) is 0 Å². The fourth-order valence-corrected chi connectivity index (χ4v) is 3.02. The molecule has 2 heterocycles. The molecule has 3 aromatic rings. The van der Waals surface area contributed by atoms with Crippen LogP contribution in [0.4, 0.5) is 0 Å². The predicted octanol–water partition coefficient (Wildman–Crippen LogP) is 4.34. The molecule has 0 spiro atoms. The molecule has 0 radical (unpaired) electrons. The third-order valence-corrected chi connectivity index (χ3v) is 4.23. The molecule has 2 aromatic heterocycles. The van der Waals surface area contributed by atoms with Crippen molar-refractivity contribution in [3.05, 3.63) is 59.8 Å². The highest BCUT2D eigenvalue weighted by molar-refractivity contribution is 8.15. The second-order valence-corrected chi connectivity index (χ2v) is 5.83. The Bertz CT molecular complexity index is 675. The van der Waals surface area contributed by atoms with E-state index in [4.69, 9.17) is 4.42 Å². The standard InChI is InChI=1S/C14H9NO2S2/c16-13(19-14-15-8-9-18-14)12-7-6-11(17-12)10-4-2-1-3-5-10/h1-9H. The zero-order valence-corrected chi connectivity index (χ0v) is 11.4. The van der Waals surface area contributed by atoms with Crippen molar-refractivity contribution in [2.45, 2.75) is 4.34 Å². The molecule has 0 aliphatic rings. The third-order valence-electron chi connectivity index (χ3n) is 2.46. The Balaban J connectivity index is 1.80. The predicted molar refractivity (Wildman–Crippen MR) is 76.4 cm³/mol. The van der Waals surface area contributed by atoms with Crippen molar-refractivity contribution in [2.24, 2.45) is 0 Å². The van der Waals surface area contributed by atoms with Gasteiger partial charge in [-0.2, -0.15) is 0 Å². The van der Waals surface area contributed by atoms with Crippen molar-refractivity contribution in [2.75, 3.05) is 0 Å². The highest BCUT2D eigenvalue weighted by Gasteiger charge is 2.14. The summed E-state index contributed by atoms with van der Waals surface area (Å²) >= 11 is 2.53. The van der Waals surface area contributed by atoms with Crippen molar-refractivity contribution in [3.8, 4) is 11.3 Å². The van der Waals surface area contributed by atoms with E-state index in [0.717, 1.165) is 21.7 Å². The zero-order chi connectivity index (χ0) is 13.1. The minimum absolute atomic E-state index is 0.128. The van der Waals surface area contributed by atoms with Crippen LogP contribution in [-0.4, -0.2) is 10.1 Å². The average Bonchev–Trinajstić information content (AvgIpc) is 3.10. The van der Waals surface area contributed by atoms with Crippen molar-refractivity contribution in [1.29, 1.82) is 0 Å². The lowest BCUT2D eigenvalue weighted by molar-refractivity contribution is 0.106. The molecule has 0 N–H and O–H groups in total. The Hall–Kier alpha value is -1.85. The third kappa shape index (κ3) is 2.77. The van der Waals surface area contributed by atoms with Gasteiger partial charge in [0.15, 0.2) is 10.1 Å². The van der Waals surface area contributed by atoms with E-state index in [0.29, 0.717) is 11.5 Å². The molecule has 0 aliphatic heterocycles. The number of nitrogens with zero attached hydrogens (tertiary/aromatic N) is 1. The van der Waals surface area contributed by atoms with E-state index >= 15 is 0 Å². The molecule has 1 aromatic carbocycles. The Labute approximate surface area is 118 Å². The van der Waals surface area contributed by atoms with Crippen LogP contribution in [0.1, 0.15) is 10.6 Å². The van der Waals surface area contributed by atoms with Gasteiger partial charge in [-0.15, -0.1) is 11.3 Å². The minimum atomic E-state index is -0.128. The molecule has 19 heavy (non-hydrogen) atoms. The first-order valence-electron chi connectivity index (χ1n) is 5.60. The van der Waals surface area contributed by atoms with E-state index in [1.165, 1.54) is 11.3 Å². The van der Waals surface area contributed by atoms with Crippen molar-refractivity contribution in [1.82, 2.24) is 4.98 Å². The molecule has 0 aliphatic carbocycles. The maximum Gasteiger partial charge on any atom is 0.261 e. The maximum atomic E-state index is 12.0. The van der Waals surface area contributed by atoms with Gasteiger partial charge in [-0.25, -0.2) is 4.98 Å². The number of rotatable bonds is 3. The molecular weight excluding hydrogens is 278 g/mol. The monoisotopic (exact) mass is 287 g/mol. The molecule has 0 unspecified atom stereocenters. The SMILES string of the molecule is O=C(Sc1nccs1)c1ccc(-c2ccccc2)o1. The Morgan fingerprint density at radius 1 is 1.16 bits per heavy atom. The Kier molecular flexibility index (Phi) is 3.48. The van der Waals surface area contributed by atoms with Crippen LogP contribution in [0, 0.1) is 0 Å². The van der Waals surface area contributed by atoms with Crippen LogP contribution in [0.5, 0.6) is 0 Å². The van der Waals surface area contributed by atoms with Gasteiger partial charge in [0.2, 0.25) is 0 Å². The summed E-state index contributed by atoms with van der Waals surface area (Å²) in [5.74, 6) is 1.04. The topological polar surface area (TPSA) is 43.1 Å². The summed E-state index contributed by atoms with van der Waals surface area (Å²) in [5, 5.41) is 1.71. The van der Waals surface area contributed by atoms with Crippen LogP contribution >= 0.6 is 23.1 Å². The number of thioether (sulfide) groups is 1. The van der Waals surface area contributed by atoms with Gasteiger partial charge >= 0.3 is 0 Å². The number of aromatic nitrogens is 1. The van der Waals surface area contributed by atoms with Crippen molar-refractivity contribution >= 4 is 28.2 Å². The molecule has 5 heteroatoms. The highest BCUT2D eigenvalue weighted by atomic mass is 32.2. The number of furan rings is 1. The summed E-state index contributed by atoms with van der Waals surface area (Å²) in [4.78, 5) is 16.1. The molecule has 0 amide bonds. The molecule has 0 atom stereocenters. The van der Waals surface area contributed by atoms with E-state index < -0.39 is 0 Å². The van der Waals surface area contributed by atoms with E-state index in [1.54, 1.807) is 12.3 Å². The highest BCUT2D eigenvalue weighted by Crippen LogP contribution is 2.28. The number of hydrogen-bond acceptors (Lipinski definition) is 5. The fraction of sp³-hybridized carbons (Fsp3) is 0. The Morgan fingerprint density at radius 3 is 2.74 bits per heavy atom. The number of carbonyl (C=O) groups excluding carboxylic acids is 1. The van der Waals surface area contributed by atoms with Gasteiger partial charge in [-0.1, -0.05) is 30.3 Å². The smallest absolute Gasteiger partial charge is 0.261 e. The average molecular weight is 287 g/mol. The lowest BCUT2D eigenvalue weighted by atomic mass is 10.2. The second-order valence-electron chi connectivity index (χ2n) is 3.72. The normalized spacial score (nSPS) is 10.5. The second kappa shape index (κ2) is 5.42. The summed E-state index contributed by atoms with van der Waals surface area (Å²) in [7, 11) is 0. The van der Waals surface area contributed by atoms with Crippen molar-refractivity contribution < 1.29 is 9.21 Å². The number of thiazole rings is 1. The quantitative estimate of drug-likeness (QED) is 0.672. The largest absolute Gasteiger partial charge is 0.452 e. The van der Waals surface area contributed by atoms with Crippen LogP contribution < -0.4 is 0 Å². The van der Waals surface area contributed by atoms with E-state index in [-0.39, 0.29) is 5.12 Å². The summed E-state index contributed by atoms with van der Waals surface area (Å²) in [5.41, 5.74) is 0.959. The molecule has 0 saturated carbocycles. The van der Waals surface area contributed by atoms with Gasteiger partial charge in [0, 0.05) is 17.1 Å². The lowest BCUT2D eigenvalue weighted by Crippen LogP contribution is -1.89. The van der Waals surface area contributed by atoms with Gasteiger partial charge in [0.25, 0.3) is 5.12 Å². The van der Waals surface area contributed by atoms with Crippen molar-refractivity contribution in [3.63, 3.8) is 0 Å². The molecule has 94 valence electrons. The van der Waals surface area contributed by atoms with Gasteiger partial charge < -0.3 is 4.42 Å².